The van der Waals surface area contributed by atoms with Gasteiger partial charge < -0.3 is 0 Å². The fourth-order valence-electron chi connectivity index (χ4n) is 1.76. The number of hydrogen-bond donors (Lipinski definition) is 0. The molecule has 0 aromatic carbocycles. The van der Waals surface area contributed by atoms with Crippen molar-refractivity contribution in [3.8, 4) is 0 Å². The summed E-state index contributed by atoms with van der Waals surface area (Å²) in [5, 5.41) is 0. The van der Waals surface area contributed by atoms with Gasteiger partial charge in [0.1, 0.15) is 0 Å². The van der Waals surface area contributed by atoms with Gasteiger partial charge in [0.05, 0.1) is 0 Å². The Morgan fingerprint density at radius 3 is 2.67 bits per heavy atom. The molecule has 12 heavy (non-hydrogen) atoms. The summed E-state index contributed by atoms with van der Waals surface area (Å²) in [6, 6.07) is 0. The fourth-order valence-corrected chi connectivity index (χ4v) is 1.76. The second-order valence-corrected chi connectivity index (χ2v) is 4.92. The molecule has 0 radical (unpaired) electrons. The van der Waals surface area contributed by atoms with Crippen molar-refractivity contribution < 1.29 is 0 Å². The Morgan fingerprint density at radius 1 is 1.25 bits per heavy atom. The van der Waals surface area contributed by atoms with Crippen molar-refractivity contribution in [3.05, 3.63) is 24.3 Å². The van der Waals surface area contributed by atoms with Crippen LogP contribution < -0.4 is 0 Å². The fraction of sp³-hybridized carbons (Fsp3) is 0.667. The van der Waals surface area contributed by atoms with E-state index in [1.54, 1.807) is 0 Å². The molecule has 0 bridgehead atoms. The molecule has 1 rings (SSSR count). The van der Waals surface area contributed by atoms with E-state index in [1.807, 2.05) is 0 Å². The van der Waals surface area contributed by atoms with E-state index in [0.29, 0.717) is 5.41 Å². The van der Waals surface area contributed by atoms with Crippen LogP contribution in [-0.2, 0) is 0 Å². The third-order valence-corrected chi connectivity index (χ3v) is 2.21. The predicted molar refractivity (Wildman–Crippen MR) is 55.1 cm³/mol. The number of hydrogen-bond acceptors (Lipinski definition) is 0. The van der Waals surface area contributed by atoms with Crippen LogP contribution in [0.4, 0.5) is 0 Å². The summed E-state index contributed by atoms with van der Waals surface area (Å²) in [4.78, 5) is 0. The lowest BCUT2D eigenvalue weighted by molar-refractivity contribution is 0.317. The van der Waals surface area contributed by atoms with Gasteiger partial charge in [-0.3, -0.25) is 0 Å². The molecule has 0 saturated carbocycles. The maximum Gasteiger partial charge on any atom is -0.0222 e. The Bertz CT molecular complexity index is 179. The first-order chi connectivity index (χ1) is 5.58. The number of rotatable bonds is 1. The van der Waals surface area contributed by atoms with E-state index in [1.165, 1.54) is 19.3 Å². The zero-order valence-electron chi connectivity index (χ0n) is 8.51. The Hall–Kier alpha value is -0.520. The molecule has 0 saturated heterocycles. The molecular weight excluding hydrogens is 144 g/mol. The van der Waals surface area contributed by atoms with Crippen LogP contribution in [0, 0.1) is 11.3 Å². The van der Waals surface area contributed by atoms with Crippen LogP contribution in [0.5, 0.6) is 0 Å². The van der Waals surface area contributed by atoms with Crippen LogP contribution in [0.3, 0.4) is 0 Å². The van der Waals surface area contributed by atoms with Gasteiger partial charge in [0.15, 0.2) is 0 Å². The average molecular weight is 164 g/mol. The first-order valence-corrected chi connectivity index (χ1v) is 4.91. The van der Waals surface area contributed by atoms with Gasteiger partial charge in [-0.1, -0.05) is 45.1 Å². The molecular formula is C12H20. The quantitative estimate of drug-likeness (QED) is 0.550. The average Bonchev–Trinajstić information content (AvgIpc) is 2.12. The van der Waals surface area contributed by atoms with E-state index in [0.717, 1.165) is 5.92 Å². The monoisotopic (exact) mass is 164 g/mol. The third kappa shape index (κ3) is 3.75. The summed E-state index contributed by atoms with van der Waals surface area (Å²) >= 11 is 0. The standard InChI is InChI=1S/C12H20/c1-12(2,3)10-11-8-6-4-5-7-9-11/h4-6,8,11H,7,9-10H2,1-3H3. The molecule has 0 fully saturated rings. The van der Waals surface area contributed by atoms with Gasteiger partial charge >= 0.3 is 0 Å². The zero-order valence-corrected chi connectivity index (χ0v) is 8.51. The highest BCUT2D eigenvalue weighted by Crippen LogP contribution is 2.28. The lowest BCUT2D eigenvalue weighted by atomic mass is 9.83. The second-order valence-electron chi connectivity index (χ2n) is 4.92. The SMILES string of the molecule is CC(C)(C)CC1C=CC=CCC1. The molecule has 1 aliphatic rings. The summed E-state index contributed by atoms with van der Waals surface area (Å²) < 4.78 is 0. The minimum Gasteiger partial charge on any atom is -0.0845 e. The molecule has 0 N–H and O–H groups in total. The highest BCUT2D eigenvalue weighted by Gasteiger charge is 2.16. The Morgan fingerprint density at radius 2 is 2.00 bits per heavy atom. The Labute approximate surface area is 76.4 Å². The second kappa shape index (κ2) is 3.93. The van der Waals surface area contributed by atoms with Crippen molar-refractivity contribution >= 4 is 0 Å². The summed E-state index contributed by atoms with van der Waals surface area (Å²) in [6.45, 7) is 6.96. The van der Waals surface area contributed by atoms with Crippen LogP contribution >= 0.6 is 0 Å². The lowest BCUT2D eigenvalue weighted by Gasteiger charge is -2.23. The molecule has 0 aromatic rings. The smallest absolute Gasteiger partial charge is 0.0222 e. The molecule has 0 nitrogen and oxygen atoms in total. The molecule has 0 heterocycles. The molecule has 1 aliphatic carbocycles. The maximum atomic E-state index is 2.36. The minimum atomic E-state index is 0.472. The van der Waals surface area contributed by atoms with Gasteiger partial charge in [-0.25, -0.2) is 0 Å². The minimum absolute atomic E-state index is 0.472. The first-order valence-electron chi connectivity index (χ1n) is 4.91. The number of allylic oxidation sites excluding steroid dienone is 4. The highest BCUT2D eigenvalue weighted by molar-refractivity contribution is 5.07. The van der Waals surface area contributed by atoms with E-state index in [-0.39, 0.29) is 0 Å². The third-order valence-electron chi connectivity index (χ3n) is 2.21. The lowest BCUT2D eigenvalue weighted by Crippen LogP contribution is -2.11. The normalized spacial score (nSPS) is 24.1. The Kier molecular flexibility index (Phi) is 3.13. The topological polar surface area (TPSA) is 0 Å². The van der Waals surface area contributed by atoms with E-state index >= 15 is 0 Å². The molecule has 0 amide bonds. The van der Waals surface area contributed by atoms with Crippen molar-refractivity contribution in [1.29, 1.82) is 0 Å². The van der Waals surface area contributed by atoms with Crippen LogP contribution in [0.25, 0.3) is 0 Å². The van der Waals surface area contributed by atoms with Gasteiger partial charge in [-0.15, -0.1) is 0 Å². The summed E-state index contributed by atoms with van der Waals surface area (Å²) in [5.41, 5.74) is 0.472. The highest BCUT2D eigenvalue weighted by atomic mass is 14.2. The van der Waals surface area contributed by atoms with Gasteiger partial charge in [-0.05, 0) is 30.6 Å². The van der Waals surface area contributed by atoms with Gasteiger partial charge in [0, 0.05) is 0 Å². The largest absolute Gasteiger partial charge is 0.0845 e. The zero-order chi connectivity index (χ0) is 9.03. The van der Waals surface area contributed by atoms with Crippen LogP contribution in [-0.4, -0.2) is 0 Å². The molecule has 1 atom stereocenters. The van der Waals surface area contributed by atoms with Crippen molar-refractivity contribution in [2.24, 2.45) is 11.3 Å². The van der Waals surface area contributed by atoms with Crippen molar-refractivity contribution in [2.45, 2.75) is 40.0 Å². The van der Waals surface area contributed by atoms with Crippen LogP contribution in [0.2, 0.25) is 0 Å². The van der Waals surface area contributed by atoms with Gasteiger partial charge in [-0.2, -0.15) is 0 Å². The molecule has 1 unspecified atom stereocenters. The van der Waals surface area contributed by atoms with E-state index in [2.05, 4.69) is 45.1 Å². The van der Waals surface area contributed by atoms with Crippen LogP contribution in [0.15, 0.2) is 24.3 Å². The first kappa shape index (κ1) is 9.57. The summed E-state index contributed by atoms with van der Waals surface area (Å²) in [7, 11) is 0. The summed E-state index contributed by atoms with van der Waals surface area (Å²) in [5.74, 6) is 0.792. The predicted octanol–water partition coefficient (Wildman–Crippen LogP) is 3.95. The molecule has 0 spiro atoms. The van der Waals surface area contributed by atoms with E-state index in [9.17, 15) is 0 Å². The van der Waals surface area contributed by atoms with E-state index < -0.39 is 0 Å². The molecule has 68 valence electrons. The van der Waals surface area contributed by atoms with Crippen molar-refractivity contribution in [1.82, 2.24) is 0 Å². The van der Waals surface area contributed by atoms with Crippen molar-refractivity contribution in [3.63, 3.8) is 0 Å². The molecule has 0 aliphatic heterocycles. The van der Waals surface area contributed by atoms with Crippen molar-refractivity contribution in [2.75, 3.05) is 0 Å². The molecule has 0 aromatic heterocycles. The maximum absolute atomic E-state index is 2.36. The van der Waals surface area contributed by atoms with Gasteiger partial charge in [0.2, 0.25) is 0 Å². The molecule has 0 heteroatoms. The van der Waals surface area contributed by atoms with Gasteiger partial charge in [0.25, 0.3) is 0 Å². The Balaban J connectivity index is 2.43. The van der Waals surface area contributed by atoms with E-state index in [4.69, 9.17) is 0 Å². The summed E-state index contributed by atoms with van der Waals surface area (Å²) in [6.07, 6.45) is 12.9. The van der Waals surface area contributed by atoms with Crippen LogP contribution in [0.1, 0.15) is 40.0 Å².